The molecule has 8 heteroatoms. The van der Waals surface area contributed by atoms with Crippen molar-refractivity contribution in [3.63, 3.8) is 0 Å². The molecule has 1 amide bonds. The Morgan fingerprint density at radius 1 is 1.18 bits per heavy atom. The fourth-order valence-electron chi connectivity index (χ4n) is 5.89. The van der Waals surface area contributed by atoms with Gasteiger partial charge in [-0.3, -0.25) is 14.5 Å². The maximum absolute atomic E-state index is 12.6. The number of piperidine rings is 1. The number of carbonyl (C=O) groups excluding carboxylic acids is 2. The summed E-state index contributed by atoms with van der Waals surface area (Å²) in [5, 5.41) is 33.1. The Hall–Kier alpha value is -2.00. The van der Waals surface area contributed by atoms with E-state index in [1.165, 1.54) is 0 Å². The third-order valence-corrected chi connectivity index (χ3v) is 7.72. The number of amides is 1. The Labute approximate surface area is 196 Å². The highest BCUT2D eigenvalue weighted by molar-refractivity contribution is 5.96. The molecule has 2 aliphatic rings. The van der Waals surface area contributed by atoms with Gasteiger partial charge in [0.05, 0.1) is 18.2 Å². The van der Waals surface area contributed by atoms with Gasteiger partial charge in [-0.05, 0) is 49.1 Å². The quantitative estimate of drug-likeness (QED) is 0.318. The normalized spacial score (nSPS) is 24.7. The van der Waals surface area contributed by atoms with Crippen molar-refractivity contribution in [2.75, 3.05) is 19.7 Å². The molecular weight excluding hydrogens is 422 g/mol. The number of ketones is 1. The lowest BCUT2D eigenvalue weighted by Crippen LogP contribution is -2.51. The van der Waals surface area contributed by atoms with E-state index in [0.29, 0.717) is 18.6 Å². The molecule has 2 heterocycles. The molecule has 1 aromatic carbocycles. The van der Waals surface area contributed by atoms with Crippen LogP contribution < -0.4 is 11.1 Å². The van der Waals surface area contributed by atoms with Gasteiger partial charge >= 0.3 is 0 Å². The first-order valence-electron chi connectivity index (χ1n) is 12.3. The number of nitrogens with zero attached hydrogens (tertiary/aromatic N) is 1. The summed E-state index contributed by atoms with van der Waals surface area (Å²) < 4.78 is 0. The topological polar surface area (TPSA) is 136 Å². The van der Waals surface area contributed by atoms with Gasteiger partial charge in [0.1, 0.15) is 11.9 Å². The molecular formula is C25H39N3O5. The van der Waals surface area contributed by atoms with E-state index >= 15 is 0 Å². The molecule has 5 atom stereocenters. The number of aromatic hydroxyl groups is 1. The molecule has 33 heavy (non-hydrogen) atoms. The van der Waals surface area contributed by atoms with Crippen molar-refractivity contribution in [2.45, 2.75) is 82.5 Å². The molecule has 2 unspecified atom stereocenters. The fraction of sp³-hybridized carbons (Fsp3) is 0.680. The number of carbonyl (C=O) groups is 2. The highest BCUT2D eigenvalue weighted by atomic mass is 16.3. The Bertz CT molecular complexity index is 814. The summed E-state index contributed by atoms with van der Waals surface area (Å²) in [4.78, 5) is 26.7. The third kappa shape index (κ3) is 5.57. The maximum atomic E-state index is 12.6. The Balaban J connectivity index is 1.63. The summed E-state index contributed by atoms with van der Waals surface area (Å²) in [6.07, 6.45) is 4.30. The van der Waals surface area contributed by atoms with Crippen LogP contribution in [0.15, 0.2) is 18.2 Å². The largest absolute Gasteiger partial charge is 0.507 e. The molecule has 2 saturated heterocycles. The molecule has 2 aliphatic heterocycles. The van der Waals surface area contributed by atoms with Crippen molar-refractivity contribution in [1.82, 2.24) is 10.2 Å². The first-order chi connectivity index (χ1) is 15.8. The van der Waals surface area contributed by atoms with Gasteiger partial charge < -0.3 is 26.4 Å². The zero-order valence-electron chi connectivity index (χ0n) is 19.7. The minimum atomic E-state index is -1.35. The van der Waals surface area contributed by atoms with E-state index in [4.69, 9.17) is 5.73 Å². The van der Waals surface area contributed by atoms with E-state index in [0.717, 1.165) is 50.6 Å². The van der Waals surface area contributed by atoms with Gasteiger partial charge in [-0.2, -0.15) is 0 Å². The van der Waals surface area contributed by atoms with E-state index < -0.39 is 24.7 Å². The zero-order chi connectivity index (χ0) is 24.1. The van der Waals surface area contributed by atoms with Crippen LogP contribution in [0.3, 0.4) is 0 Å². The third-order valence-electron chi connectivity index (χ3n) is 7.72. The molecule has 184 valence electrons. The molecule has 0 saturated carbocycles. The van der Waals surface area contributed by atoms with Gasteiger partial charge in [-0.25, -0.2) is 0 Å². The van der Waals surface area contributed by atoms with Gasteiger partial charge in [0.15, 0.2) is 5.78 Å². The van der Waals surface area contributed by atoms with Crippen LogP contribution in [0.4, 0.5) is 0 Å². The number of nitrogens with one attached hydrogen (secondary N) is 1. The second kappa shape index (κ2) is 11.4. The lowest BCUT2D eigenvalue weighted by molar-refractivity contribution is -0.132. The predicted molar refractivity (Wildman–Crippen MR) is 126 cm³/mol. The lowest BCUT2D eigenvalue weighted by atomic mass is 9.83. The SMILES string of the molecule is CCC(CC)C(NCCN1[C@@H]2CC[C@H]1CC(c1cccc(C(N)=O)c1O)C2)C(=O)[C@@H](O)CO. The highest BCUT2D eigenvalue weighted by Crippen LogP contribution is 2.45. The molecule has 3 rings (SSSR count). The first-order valence-corrected chi connectivity index (χ1v) is 12.3. The Morgan fingerprint density at radius 2 is 1.82 bits per heavy atom. The van der Waals surface area contributed by atoms with Crippen molar-refractivity contribution in [2.24, 2.45) is 11.7 Å². The maximum Gasteiger partial charge on any atom is 0.252 e. The fourth-order valence-corrected chi connectivity index (χ4v) is 5.89. The van der Waals surface area contributed by atoms with E-state index in [2.05, 4.69) is 10.2 Å². The smallest absolute Gasteiger partial charge is 0.252 e. The van der Waals surface area contributed by atoms with Crippen LogP contribution in [0.2, 0.25) is 0 Å². The summed E-state index contributed by atoms with van der Waals surface area (Å²) in [6, 6.07) is 5.53. The molecule has 1 aromatic rings. The number of aliphatic hydroxyl groups excluding tert-OH is 2. The number of nitrogens with two attached hydrogens (primary N) is 1. The number of benzene rings is 1. The van der Waals surface area contributed by atoms with E-state index in [-0.39, 0.29) is 28.9 Å². The minimum absolute atomic E-state index is 0.0125. The van der Waals surface area contributed by atoms with Crippen molar-refractivity contribution < 1.29 is 24.9 Å². The summed E-state index contributed by atoms with van der Waals surface area (Å²) in [5.74, 6) is -0.642. The first kappa shape index (κ1) is 25.6. The number of hydrogen-bond acceptors (Lipinski definition) is 7. The summed E-state index contributed by atoms with van der Waals surface area (Å²) in [7, 11) is 0. The molecule has 0 spiro atoms. The number of para-hydroxylation sites is 1. The van der Waals surface area contributed by atoms with Crippen LogP contribution in [0, 0.1) is 5.92 Å². The van der Waals surface area contributed by atoms with Gasteiger partial charge in [0.2, 0.25) is 0 Å². The summed E-state index contributed by atoms with van der Waals surface area (Å²) >= 11 is 0. The minimum Gasteiger partial charge on any atom is -0.507 e. The van der Waals surface area contributed by atoms with Crippen LogP contribution in [-0.2, 0) is 4.79 Å². The van der Waals surface area contributed by atoms with Crippen LogP contribution in [0.1, 0.15) is 74.2 Å². The number of hydrogen-bond donors (Lipinski definition) is 5. The molecule has 0 radical (unpaired) electrons. The van der Waals surface area contributed by atoms with Gasteiger partial charge in [-0.1, -0.05) is 38.8 Å². The Morgan fingerprint density at radius 3 is 2.36 bits per heavy atom. The van der Waals surface area contributed by atoms with Gasteiger partial charge in [0, 0.05) is 25.2 Å². The molecule has 0 aromatic heterocycles. The van der Waals surface area contributed by atoms with E-state index in [1.54, 1.807) is 12.1 Å². The van der Waals surface area contributed by atoms with Gasteiger partial charge in [0.25, 0.3) is 5.91 Å². The molecule has 8 nitrogen and oxygen atoms in total. The number of primary amides is 1. The average molecular weight is 462 g/mol. The number of fused-ring (bicyclic) bond motifs is 2. The van der Waals surface area contributed by atoms with E-state index in [9.17, 15) is 24.9 Å². The molecule has 2 bridgehead atoms. The van der Waals surface area contributed by atoms with Crippen LogP contribution in [-0.4, -0.2) is 75.8 Å². The summed E-state index contributed by atoms with van der Waals surface area (Å²) in [5.41, 5.74) is 6.38. The van der Waals surface area contributed by atoms with Crippen LogP contribution in [0.25, 0.3) is 0 Å². The number of aliphatic hydroxyl groups is 2. The standard InChI is InChI=1S/C25H39N3O5/c1-3-15(4-2)22(24(32)21(30)14-29)27-10-11-28-17-8-9-18(28)13-16(12-17)19-6-5-7-20(23(19)31)25(26)33/h5-7,15-18,21-22,27,29-31H,3-4,8-14H2,1-2H3,(H2,26,33)/t16?,17-,18+,21-,22?/m0/s1. The van der Waals surface area contributed by atoms with Crippen LogP contribution >= 0.6 is 0 Å². The van der Waals surface area contributed by atoms with Gasteiger partial charge in [-0.15, -0.1) is 0 Å². The highest BCUT2D eigenvalue weighted by Gasteiger charge is 2.41. The van der Waals surface area contributed by atoms with Crippen molar-refractivity contribution in [1.29, 1.82) is 0 Å². The number of phenols is 1. The van der Waals surface area contributed by atoms with E-state index in [1.807, 2.05) is 19.9 Å². The lowest BCUT2D eigenvalue weighted by Gasteiger charge is -2.40. The second-order valence-electron chi connectivity index (χ2n) is 9.51. The van der Waals surface area contributed by atoms with Crippen LogP contribution in [0.5, 0.6) is 5.75 Å². The predicted octanol–water partition coefficient (Wildman–Crippen LogP) is 1.52. The van der Waals surface area contributed by atoms with Crippen molar-refractivity contribution in [3.8, 4) is 5.75 Å². The monoisotopic (exact) mass is 461 g/mol. The molecule has 2 fully saturated rings. The number of rotatable bonds is 12. The Kier molecular flexibility index (Phi) is 8.87. The average Bonchev–Trinajstić information content (AvgIpc) is 3.04. The summed E-state index contributed by atoms with van der Waals surface area (Å²) in [6.45, 7) is 4.95. The second-order valence-corrected chi connectivity index (χ2v) is 9.51. The molecule has 6 N–H and O–H groups in total. The number of Topliss-reactive ketones (excluding diaryl/α,β-unsaturated/α-hetero) is 1. The van der Waals surface area contributed by atoms with Crippen molar-refractivity contribution in [3.05, 3.63) is 29.3 Å². The van der Waals surface area contributed by atoms with Crippen molar-refractivity contribution >= 4 is 11.7 Å². The zero-order valence-corrected chi connectivity index (χ0v) is 19.7. The molecule has 0 aliphatic carbocycles.